The third-order valence-electron chi connectivity index (χ3n) is 4.82. The van der Waals surface area contributed by atoms with Gasteiger partial charge in [0, 0.05) is 18.8 Å². The fourth-order valence-electron chi connectivity index (χ4n) is 3.18. The van der Waals surface area contributed by atoms with Crippen LogP contribution in [-0.4, -0.2) is 46.7 Å². The molecule has 6 heteroatoms. The molecule has 2 aliphatic rings. The Morgan fingerprint density at radius 2 is 2.17 bits per heavy atom. The molecule has 2 aliphatic carbocycles. The zero-order valence-electron chi connectivity index (χ0n) is 13.8. The maximum Gasteiger partial charge on any atom is 0.254 e. The number of nitrogens with one attached hydrogen (secondary N) is 1. The molecule has 1 aromatic heterocycles. The Morgan fingerprint density at radius 3 is 2.87 bits per heavy atom. The smallest absolute Gasteiger partial charge is 0.254 e. The van der Waals surface area contributed by atoms with E-state index >= 15 is 0 Å². The van der Waals surface area contributed by atoms with Crippen LogP contribution in [0.2, 0.25) is 0 Å². The van der Waals surface area contributed by atoms with Crippen LogP contribution in [0, 0.1) is 12.8 Å². The van der Waals surface area contributed by atoms with E-state index in [1.54, 1.807) is 6.20 Å². The molecule has 0 spiro atoms. The van der Waals surface area contributed by atoms with Crippen molar-refractivity contribution in [3.63, 3.8) is 0 Å². The van der Waals surface area contributed by atoms with Gasteiger partial charge in [-0.05, 0) is 38.5 Å². The third kappa shape index (κ3) is 4.32. The van der Waals surface area contributed by atoms with Crippen LogP contribution in [0.3, 0.4) is 0 Å². The van der Waals surface area contributed by atoms with Crippen molar-refractivity contribution in [3.8, 4) is 0 Å². The van der Waals surface area contributed by atoms with Gasteiger partial charge in [0.25, 0.3) is 5.91 Å². The van der Waals surface area contributed by atoms with Crippen LogP contribution in [0.1, 0.15) is 60.6 Å². The highest BCUT2D eigenvalue weighted by Crippen LogP contribution is 2.30. The van der Waals surface area contributed by atoms with Gasteiger partial charge in [-0.25, -0.2) is 0 Å². The number of aromatic nitrogens is 2. The summed E-state index contributed by atoms with van der Waals surface area (Å²) in [6, 6.07) is 0.429. The second-order valence-corrected chi connectivity index (χ2v) is 6.87. The summed E-state index contributed by atoms with van der Waals surface area (Å²) in [7, 11) is 0. The molecule has 2 N–H and O–H groups in total. The summed E-state index contributed by atoms with van der Waals surface area (Å²) in [5.74, 6) is 0.508. The van der Waals surface area contributed by atoms with Crippen molar-refractivity contribution >= 4 is 5.91 Å². The zero-order chi connectivity index (χ0) is 16.2. The summed E-state index contributed by atoms with van der Waals surface area (Å²) in [6.45, 7) is 3.14. The number of aliphatic hydroxyl groups is 1. The summed E-state index contributed by atoms with van der Waals surface area (Å²) in [6.07, 6.45) is 8.19. The largest absolute Gasteiger partial charge is 0.389 e. The fourth-order valence-corrected chi connectivity index (χ4v) is 3.18. The first-order valence-corrected chi connectivity index (χ1v) is 8.73. The monoisotopic (exact) mass is 321 g/mol. The number of aliphatic hydroxyl groups excluding tert-OH is 1. The van der Waals surface area contributed by atoms with Crippen LogP contribution in [-0.2, 0) is 4.74 Å². The molecule has 1 aromatic rings. The SMILES string of the molecule is Cc1c(C(=O)NCC(O)COCC2CC2)cnn1C1CCCC1. The minimum Gasteiger partial charge on any atom is -0.389 e. The Morgan fingerprint density at radius 1 is 1.43 bits per heavy atom. The first kappa shape index (κ1) is 16.5. The zero-order valence-corrected chi connectivity index (χ0v) is 13.8. The molecule has 0 bridgehead atoms. The van der Waals surface area contributed by atoms with Gasteiger partial charge in [0.2, 0.25) is 0 Å². The lowest BCUT2D eigenvalue weighted by Gasteiger charge is -2.14. The van der Waals surface area contributed by atoms with E-state index in [1.165, 1.54) is 25.7 Å². The number of hydrogen-bond donors (Lipinski definition) is 2. The van der Waals surface area contributed by atoms with E-state index in [0.717, 1.165) is 25.1 Å². The van der Waals surface area contributed by atoms with Crippen LogP contribution < -0.4 is 5.32 Å². The summed E-state index contributed by atoms with van der Waals surface area (Å²) >= 11 is 0. The summed E-state index contributed by atoms with van der Waals surface area (Å²) in [4.78, 5) is 12.3. The molecule has 6 nitrogen and oxygen atoms in total. The van der Waals surface area contributed by atoms with Crippen LogP contribution in [0.5, 0.6) is 0 Å². The van der Waals surface area contributed by atoms with Gasteiger partial charge in [0.05, 0.1) is 30.5 Å². The molecule has 128 valence electrons. The first-order chi connectivity index (χ1) is 11.1. The molecule has 3 rings (SSSR count). The summed E-state index contributed by atoms with van der Waals surface area (Å²) < 4.78 is 7.42. The fraction of sp³-hybridized carbons (Fsp3) is 0.765. The van der Waals surface area contributed by atoms with Crippen LogP contribution in [0.4, 0.5) is 0 Å². The molecule has 1 heterocycles. The molecule has 1 atom stereocenters. The molecule has 1 unspecified atom stereocenters. The number of carbonyl (C=O) groups is 1. The number of ether oxygens (including phenoxy) is 1. The number of rotatable bonds is 8. The molecular weight excluding hydrogens is 294 g/mol. The molecule has 0 radical (unpaired) electrons. The first-order valence-electron chi connectivity index (χ1n) is 8.73. The molecule has 1 amide bonds. The quantitative estimate of drug-likeness (QED) is 0.766. The van der Waals surface area contributed by atoms with Crippen LogP contribution in [0.15, 0.2) is 6.20 Å². The van der Waals surface area contributed by atoms with Gasteiger partial charge in [0.15, 0.2) is 0 Å². The summed E-state index contributed by atoms with van der Waals surface area (Å²) in [5, 5.41) is 17.0. The van der Waals surface area contributed by atoms with Crippen molar-refractivity contribution in [3.05, 3.63) is 17.5 Å². The van der Waals surface area contributed by atoms with Gasteiger partial charge in [-0.1, -0.05) is 12.8 Å². The normalized spacial score (nSPS) is 19.9. The van der Waals surface area contributed by atoms with E-state index < -0.39 is 6.10 Å². The standard InChI is InChI=1S/C17H27N3O3/c1-12-16(9-19-20(12)14-4-2-3-5-14)17(22)18-8-15(21)11-23-10-13-6-7-13/h9,13-15,21H,2-8,10-11H2,1H3,(H,18,22). The molecule has 23 heavy (non-hydrogen) atoms. The van der Waals surface area contributed by atoms with Gasteiger partial charge in [0.1, 0.15) is 0 Å². The van der Waals surface area contributed by atoms with Gasteiger partial charge in [-0.2, -0.15) is 5.10 Å². The number of amides is 1. The molecule has 0 aliphatic heterocycles. The highest BCUT2D eigenvalue weighted by molar-refractivity contribution is 5.95. The van der Waals surface area contributed by atoms with Gasteiger partial charge in [-0.3, -0.25) is 9.48 Å². The molecule has 2 fully saturated rings. The Bertz CT molecular complexity index is 533. The summed E-state index contributed by atoms with van der Waals surface area (Å²) in [5.41, 5.74) is 1.51. The molecule has 2 saturated carbocycles. The topological polar surface area (TPSA) is 76.4 Å². The Hall–Kier alpha value is -1.40. The number of nitrogens with zero attached hydrogens (tertiary/aromatic N) is 2. The van der Waals surface area contributed by atoms with Gasteiger partial charge >= 0.3 is 0 Å². The molecule has 0 saturated heterocycles. The van der Waals surface area contributed by atoms with Crippen molar-refractivity contribution in [2.24, 2.45) is 5.92 Å². The number of carbonyl (C=O) groups excluding carboxylic acids is 1. The predicted octanol–water partition coefficient (Wildman–Crippen LogP) is 1.82. The Labute approximate surface area is 137 Å². The average Bonchev–Trinajstić information content (AvgIpc) is 3.05. The van der Waals surface area contributed by atoms with Crippen molar-refractivity contribution in [1.29, 1.82) is 0 Å². The third-order valence-corrected chi connectivity index (χ3v) is 4.82. The lowest BCUT2D eigenvalue weighted by molar-refractivity contribution is 0.0320. The van der Waals surface area contributed by atoms with Crippen molar-refractivity contribution in [2.45, 2.75) is 57.6 Å². The van der Waals surface area contributed by atoms with E-state index in [4.69, 9.17) is 4.74 Å². The van der Waals surface area contributed by atoms with Gasteiger partial charge < -0.3 is 15.2 Å². The Balaban J connectivity index is 1.45. The van der Waals surface area contributed by atoms with Gasteiger partial charge in [-0.15, -0.1) is 0 Å². The maximum absolute atomic E-state index is 12.3. The van der Waals surface area contributed by atoms with E-state index in [9.17, 15) is 9.90 Å². The van der Waals surface area contributed by atoms with E-state index in [2.05, 4.69) is 10.4 Å². The highest BCUT2D eigenvalue weighted by atomic mass is 16.5. The molecular formula is C17H27N3O3. The minimum atomic E-state index is -0.664. The minimum absolute atomic E-state index is 0.173. The lowest BCUT2D eigenvalue weighted by Crippen LogP contribution is -2.35. The lowest BCUT2D eigenvalue weighted by atomic mass is 10.2. The van der Waals surface area contributed by atoms with E-state index in [1.807, 2.05) is 11.6 Å². The predicted molar refractivity (Wildman–Crippen MR) is 86.4 cm³/mol. The van der Waals surface area contributed by atoms with Crippen LogP contribution in [0.25, 0.3) is 0 Å². The van der Waals surface area contributed by atoms with E-state index in [0.29, 0.717) is 17.5 Å². The van der Waals surface area contributed by atoms with Crippen LogP contribution >= 0.6 is 0 Å². The Kier molecular flexibility index (Phi) is 5.33. The van der Waals surface area contributed by atoms with Crippen molar-refractivity contribution in [2.75, 3.05) is 19.8 Å². The second kappa shape index (κ2) is 7.45. The maximum atomic E-state index is 12.3. The number of hydrogen-bond acceptors (Lipinski definition) is 4. The molecule has 0 aromatic carbocycles. The highest BCUT2D eigenvalue weighted by Gasteiger charge is 2.23. The van der Waals surface area contributed by atoms with Crippen molar-refractivity contribution in [1.82, 2.24) is 15.1 Å². The average molecular weight is 321 g/mol. The van der Waals surface area contributed by atoms with Crippen molar-refractivity contribution < 1.29 is 14.6 Å². The van der Waals surface area contributed by atoms with E-state index in [-0.39, 0.29) is 19.1 Å². The second-order valence-electron chi connectivity index (χ2n) is 6.87.